The number of aliphatic hydroxyl groups is 2. The first-order chi connectivity index (χ1) is 54.2. The fraction of sp³-hybridized carbons (Fsp3) is 0.774. The van der Waals surface area contributed by atoms with Crippen molar-refractivity contribution in [3.63, 3.8) is 0 Å². The van der Waals surface area contributed by atoms with Crippen LogP contribution in [-0.4, -0.2) is 95.9 Å². The van der Waals surface area contributed by atoms with Crippen LogP contribution in [0.15, 0.2) is 109 Å². The molecule has 644 valence electrons. The van der Waals surface area contributed by atoms with Crippen LogP contribution in [0.5, 0.6) is 0 Å². The third kappa shape index (κ3) is 86.9. The standard InChI is InChI=1S/C93H166O16P2/c1-4-7-10-13-16-19-22-25-27-29-31-33-35-37-39-40-41-42-43-44-45-46-48-50-51-53-55-57-59-62-64-67-70-73-76-79-91(96)103-82-88(94)83-105-110(99,100)106-84-89(95)85-107-111(101,102)108-87-90(109-93(98)81-78-75-72-69-66-61-24-21-18-15-12-9-6-3)86-104-92(97)80-77-74-71-68-65-63-60-58-56-54-52-49-47-38-36-34-32-30-28-26-23-20-17-14-11-8-5-2/h16-17,19-21,24-28,31-34,37-39,47,88-90,94-95H,4-15,18,22-23,29-30,35-36,40-46,48-87H2,1-3H3,(H,99,100)(H,101,102)/b19-16-,20-17-,24-21-,27-25-,28-26-,33-31-,34-32-,39-37-,47-38-. The van der Waals surface area contributed by atoms with Gasteiger partial charge in [0.1, 0.15) is 25.4 Å². The van der Waals surface area contributed by atoms with Crippen LogP contribution in [0.2, 0.25) is 0 Å². The number of phosphoric ester groups is 2. The summed E-state index contributed by atoms with van der Waals surface area (Å²) in [5, 5.41) is 20.7. The Morgan fingerprint density at radius 1 is 0.252 bits per heavy atom. The molecule has 0 radical (unpaired) electrons. The van der Waals surface area contributed by atoms with Gasteiger partial charge in [0, 0.05) is 19.3 Å². The Morgan fingerprint density at radius 2 is 0.450 bits per heavy atom. The molecule has 0 heterocycles. The molecule has 0 spiro atoms. The van der Waals surface area contributed by atoms with Gasteiger partial charge in [-0.15, -0.1) is 0 Å². The highest BCUT2D eigenvalue weighted by Crippen LogP contribution is 2.45. The van der Waals surface area contributed by atoms with Crippen molar-refractivity contribution >= 4 is 33.6 Å². The summed E-state index contributed by atoms with van der Waals surface area (Å²) < 4.78 is 61.3. The molecule has 0 aliphatic rings. The van der Waals surface area contributed by atoms with E-state index in [0.717, 1.165) is 128 Å². The van der Waals surface area contributed by atoms with Gasteiger partial charge in [-0.1, -0.05) is 361 Å². The molecule has 0 aromatic heterocycles. The summed E-state index contributed by atoms with van der Waals surface area (Å²) in [5.74, 6) is -1.57. The van der Waals surface area contributed by atoms with Gasteiger partial charge in [0.2, 0.25) is 0 Å². The van der Waals surface area contributed by atoms with Gasteiger partial charge in [0.15, 0.2) is 6.10 Å². The van der Waals surface area contributed by atoms with Gasteiger partial charge in [0.25, 0.3) is 0 Å². The molecule has 0 amide bonds. The molecule has 0 saturated heterocycles. The minimum absolute atomic E-state index is 0.0949. The van der Waals surface area contributed by atoms with E-state index in [4.69, 9.17) is 32.3 Å². The Hall–Kier alpha value is -3.79. The summed E-state index contributed by atoms with van der Waals surface area (Å²) in [4.78, 5) is 58.8. The largest absolute Gasteiger partial charge is 0.472 e. The zero-order chi connectivity index (χ0) is 80.8. The fourth-order valence-corrected chi connectivity index (χ4v) is 14.1. The van der Waals surface area contributed by atoms with Crippen LogP contribution >= 0.6 is 15.6 Å². The molecule has 5 unspecified atom stereocenters. The predicted octanol–water partition coefficient (Wildman–Crippen LogP) is 27.4. The van der Waals surface area contributed by atoms with Crippen molar-refractivity contribution in [1.82, 2.24) is 0 Å². The van der Waals surface area contributed by atoms with Gasteiger partial charge >= 0.3 is 33.6 Å². The van der Waals surface area contributed by atoms with Gasteiger partial charge in [-0.25, -0.2) is 9.13 Å². The molecule has 0 aliphatic heterocycles. The normalized spacial score (nSPS) is 14.3. The van der Waals surface area contributed by atoms with Crippen LogP contribution in [0.25, 0.3) is 0 Å². The van der Waals surface area contributed by atoms with Gasteiger partial charge in [0.05, 0.1) is 26.4 Å². The van der Waals surface area contributed by atoms with Crippen LogP contribution < -0.4 is 0 Å². The molecule has 0 bridgehead atoms. The quantitative estimate of drug-likeness (QED) is 0.0146. The second-order valence-corrected chi connectivity index (χ2v) is 33.3. The lowest BCUT2D eigenvalue weighted by Crippen LogP contribution is -2.30. The van der Waals surface area contributed by atoms with Crippen LogP contribution in [-0.2, 0) is 55.8 Å². The third-order valence-corrected chi connectivity index (χ3v) is 21.3. The Bertz CT molecular complexity index is 2450. The second-order valence-electron chi connectivity index (χ2n) is 30.4. The number of ether oxygens (including phenoxy) is 3. The van der Waals surface area contributed by atoms with E-state index >= 15 is 0 Å². The number of unbranched alkanes of at least 4 members (excludes halogenated alkanes) is 45. The van der Waals surface area contributed by atoms with E-state index in [0.29, 0.717) is 19.3 Å². The topological polar surface area (TPSA) is 231 Å². The van der Waals surface area contributed by atoms with Crippen LogP contribution in [0.1, 0.15) is 406 Å². The second kappa shape index (κ2) is 85.6. The number of carbonyl (C=O) groups excluding carboxylic acids is 3. The number of esters is 3. The van der Waals surface area contributed by atoms with E-state index in [1.807, 2.05) is 0 Å². The monoisotopic (exact) mass is 1600 g/mol. The Morgan fingerprint density at radius 3 is 0.739 bits per heavy atom. The smallest absolute Gasteiger partial charge is 0.463 e. The van der Waals surface area contributed by atoms with Crippen molar-refractivity contribution in [2.24, 2.45) is 0 Å². The summed E-state index contributed by atoms with van der Waals surface area (Å²) in [6.07, 6.45) is 103. The molecule has 0 saturated carbocycles. The molecule has 4 N–H and O–H groups in total. The first kappa shape index (κ1) is 107. The summed E-state index contributed by atoms with van der Waals surface area (Å²) in [7, 11) is -9.79. The maximum absolute atomic E-state index is 13.0. The number of rotatable bonds is 86. The minimum Gasteiger partial charge on any atom is -0.463 e. The van der Waals surface area contributed by atoms with Gasteiger partial charge in [-0.05, 0) is 135 Å². The van der Waals surface area contributed by atoms with E-state index in [9.17, 15) is 43.5 Å². The van der Waals surface area contributed by atoms with Gasteiger partial charge in [-0.3, -0.25) is 32.5 Å². The molecule has 111 heavy (non-hydrogen) atoms. The zero-order valence-electron chi connectivity index (χ0n) is 70.9. The van der Waals surface area contributed by atoms with E-state index < -0.39 is 91.5 Å². The molecular formula is C93H166O16P2. The van der Waals surface area contributed by atoms with E-state index in [-0.39, 0.29) is 19.3 Å². The van der Waals surface area contributed by atoms with Gasteiger partial charge < -0.3 is 34.2 Å². The average molecular weight is 1600 g/mol. The number of hydrogen-bond acceptors (Lipinski definition) is 14. The highest BCUT2D eigenvalue weighted by atomic mass is 31.2. The Labute approximate surface area is 679 Å². The lowest BCUT2D eigenvalue weighted by atomic mass is 10.0. The van der Waals surface area contributed by atoms with Crippen molar-refractivity contribution in [1.29, 1.82) is 0 Å². The molecule has 0 aromatic rings. The van der Waals surface area contributed by atoms with Crippen molar-refractivity contribution in [2.75, 3.05) is 39.6 Å². The van der Waals surface area contributed by atoms with Crippen LogP contribution in [0, 0.1) is 0 Å². The van der Waals surface area contributed by atoms with Gasteiger partial charge in [-0.2, -0.15) is 0 Å². The predicted molar refractivity (Wildman–Crippen MR) is 464 cm³/mol. The first-order valence-corrected chi connectivity index (χ1v) is 48.2. The average Bonchev–Trinajstić information content (AvgIpc) is 0.903. The number of allylic oxidation sites excluding steroid dienone is 18. The lowest BCUT2D eigenvalue weighted by Gasteiger charge is -2.21. The summed E-state index contributed by atoms with van der Waals surface area (Å²) in [6, 6.07) is 0. The highest BCUT2D eigenvalue weighted by Gasteiger charge is 2.29. The molecule has 0 fully saturated rings. The highest BCUT2D eigenvalue weighted by molar-refractivity contribution is 7.47. The Balaban J connectivity index is 4.37. The minimum atomic E-state index is -4.93. The van der Waals surface area contributed by atoms with Crippen LogP contribution in [0.3, 0.4) is 0 Å². The number of phosphoric acid groups is 2. The lowest BCUT2D eigenvalue weighted by molar-refractivity contribution is -0.161. The summed E-state index contributed by atoms with van der Waals surface area (Å²) in [6.45, 7) is 2.65. The molecule has 16 nitrogen and oxygen atoms in total. The molecule has 0 aromatic carbocycles. The molecular weight excluding hydrogens is 1430 g/mol. The van der Waals surface area contributed by atoms with E-state index in [1.165, 1.54) is 218 Å². The van der Waals surface area contributed by atoms with Crippen LogP contribution in [0.4, 0.5) is 0 Å². The van der Waals surface area contributed by atoms with E-state index in [1.54, 1.807) is 0 Å². The summed E-state index contributed by atoms with van der Waals surface area (Å²) >= 11 is 0. The van der Waals surface area contributed by atoms with E-state index in [2.05, 4.69) is 130 Å². The number of carbonyl (C=O) groups is 3. The maximum atomic E-state index is 13.0. The first-order valence-electron chi connectivity index (χ1n) is 45.2. The Kier molecular flexibility index (Phi) is 82.7. The zero-order valence-corrected chi connectivity index (χ0v) is 72.7. The van der Waals surface area contributed by atoms with Crippen molar-refractivity contribution in [3.05, 3.63) is 109 Å². The SMILES string of the molecule is CCCCC/C=C\C/C=C\C/C=C\C/C=C\CCCCCCCCCCCCCCCCCCCCCC(=O)OCC(O)COP(=O)(O)OCC(O)COP(=O)(O)OCC(COC(=O)CCCCCCCCCCCCC/C=C\C/C=C\C/C=C\C/C=C\CCCCC)OC(=O)CCCCCCC/C=C\CCCCCC. The fourth-order valence-electron chi connectivity index (χ4n) is 12.5. The van der Waals surface area contributed by atoms with Crippen molar-refractivity contribution in [3.8, 4) is 0 Å². The number of hydrogen-bond donors (Lipinski definition) is 4. The number of aliphatic hydroxyl groups excluding tert-OH is 2. The van der Waals surface area contributed by atoms with Crippen molar-refractivity contribution < 1.29 is 75.8 Å². The molecule has 0 aliphatic carbocycles. The summed E-state index contributed by atoms with van der Waals surface area (Å²) in [5.41, 5.74) is 0. The molecule has 18 heteroatoms. The molecule has 5 atom stereocenters. The van der Waals surface area contributed by atoms with Crippen molar-refractivity contribution in [2.45, 2.75) is 424 Å². The maximum Gasteiger partial charge on any atom is 0.472 e. The third-order valence-electron chi connectivity index (χ3n) is 19.4. The molecule has 0 rings (SSSR count).